The normalized spacial score (nSPS) is 11.4. The van der Waals surface area contributed by atoms with E-state index in [1.165, 1.54) is 23.5 Å². The Balaban J connectivity index is 1.98. The number of anilines is 1. The van der Waals surface area contributed by atoms with Crippen LogP contribution in [0.3, 0.4) is 0 Å². The standard InChI is InChI=1S/C16H13FN2O2S2/c1-11-18-16(10-22-11)14-4-2-3-5-15(14)19-23(20,21)13-8-6-12(17)7-9-13/h2-10,19H,1H3. The molecular weight excluding hydrogens is 335 g/mol. The Hall–Kier alpha value is -2.25. The largest absolute Gasteiger partial charge is 0.279 e. The molecule has 7 heteroatoms. The van der Waals surface area contributed by atoms with Gasteiger partial charge in [-0.25, -0.2) is 17.8 Å². The van der Waals surface area contributed by atoms with Gasteiger partial charge in [0.2, 0.25) is 0 Å². The summed E-state index contributed by atoms with van der Waals surface area (Å²) < 4.78 is 40.4. The third kappa shape index (κ3) is 3.40. The van der Waals surface area contributed by atoms with Crippen molar-refractivity contribution < 1.29 is 12.8 Å². The van der Waals surface area contributed by atoms with Gasteiger partial charge in [0.1, 0.15) is 5.82 Å². The molecule has 0 aliphatic rings. The van der Waals surface area contributed by atoms with Crippen molar-refractivity contribution in [2.75, 3.05) is 4.72 Å². The van der Waals surface area contributed by atoms with Crippen molar-refractivity contribution >= 4 is 27.0 Å². The molecule has 1 heterocycles. The number of aryl methyl sites for hydroxylation is 1. The zero-order valence-corrected chi connectivity index (χ0v) is 13.8. The molecule has 3 aromatic rings. The number of benzene rings is 2. The highest BCUT2D eigenvalue weighted by atomic mass is 32.2. The van der Waals surface area contributed by atoms with Gasteiger partial charge in [0.05, 0.1) is 21.3 Å². The van der Waals surface area contributed by atoms with Gasteiger partial charge in [-0.05, 0) is 37.3 Å². The highest BCUT2D eigenvalue weighted by Crippen LogP contribution is 2.30. The fraction of sp³-hybridized carbons (Fsp3) is 0.0625. The van der Waals surface area contributed by atoms with Crippen LogP contribution >= 0.6 is 11.3 Å². The van der Waals surface area contributed by atoms with Crippen molar-refractivity contribution in [2.24, 2.45) is 0 Å². The maximum absolute atomic E-state index is 13.0. The van der Waals surface area contributed by atoms with Crippen LogP contribution in [0.1, 0.15) is 5.01 Å². The number of hydrogen-bond donors (Lipinski definition) is 1. The van der Waals surface area contributed by atoms with Gasteiger partial charge in [-0.15, -0.1) is 11.3 Å². The number of thiazole rings is 1. The van der Waals surface area contributed by atoms with E-state index in [4.69, 9.17) is 0 Å². The van der Waals surface area contributed by atoms with Crippen LogP contribution in [0.5, 0.6) is 0 Å². The summed E-state index contributed by atoms with van der Waals surface area (Å²) in [7, 11) is -3.79. The van der Waals surface area contributed by atoms with Gasteiger partial charge in [-0.1, -0.05) is 18.2 Å². The average Bonchev–Trinajstić information content (AvgIpc) is 2.94. The Kier molecular flexibility index (Phi) is 4.14. The molecule has 3 rings (SSSR count). The molecule has 0 saturated carbocycles. The van der Waals surface area contributed by atoms with Gasteiger partial charge in [0, 0.05) is 10.9 Å². The zero-order valence-electron chi connectivity index (χ0n) is 12.2. The van der Waals surface area contributed by atoms with E-state index in [9.17, 15) is 12.8 Å². The fourth-order valence-electron chi connectivity index (χ4n) is 2.10. The maximum atomic E-state index is 13.0. The lowest BCUT2D eigenvalue weighted by Gasteiger charge is -2.11. The summed E-state index contributed by atoms with van der Waals surface area (Å²) in [5, 5.41) is 2.77. The second-order valence-corrected chi connectivity index (χ2v) is 7.60. The van der Waals surface area contributed by atoms with E-state index in [1.807, 2.05) is 18.4 Å². The van der Waals surface area contributed by atoms with Crippen LogP contribution in [0.2, 0.25) is 0 Å². The molecular formula is C16H13FN2O2S2. The van der Waals surface area contributed by atoms with E-state index in [0.29, 0.717) is 16.9 Å². The van der Waals surface area contributed by atoms with Crippen LogP contribution in [-0.2, 0) is 10.0 Å². The first-order valence-electron chi connectivity index (χ1n) is 6.75. The average molecular weight is 348 g/mol. The van der Waals surface area contributed by atoms with E-state index in [1.54, 1.807) is 18.2 Å². The quantitative estimate of drug-likeness (QED) is 0.773. The third-order valence-electron chi connectivity index (χ3n) is 3.19. The molecule has 23 heavy (non-hydrogen) atoms. The number of para-hydroxylation sites is 1. The van der Waals surface area contributed by atoms with Gasteiger partial charge in [0.25, 0.3) is 10.0 Å². The molecule has 0 bridgehead atoms. The summed E-state index contributed by atoms with van der Waals surface area (Å²) in [5.74, 6) is -0.484. The minimum absolute atomic E-state index is 0.00293. The van der Waals surface area contributed by atoms with E-state index in [2.05, 4.69) is 9.71 Å². The van der Waals surface area contributed by atoms with Crippen molar-refractivity contribution in [3.8, 4) is 11.3 Å². The number of nitrogens with zero attached hydrogens (tertiary/aromatic N) is 1. The molecule has 1 aromatic heterocycles. The molecule has 0 spiro atoms. The van der Waals surface area contributed by atoms with Crippen LogP contribution in [0.15, 0.2) is 58.8 Å². The van der Waals surface area contributed by atoms with Crippen LogP contribution in [0.25, 0.3) is 11.3 Å². The van der Waals surface area contributed by atoms with Gasteiger partial charge in [-0.2, -0.15) is 0 Å². The molecule has 0 amide bonds. The Morgan fingerprint density at radius 1 is 1.09 bits per heavy atom. The van der Waals surface area contributed by atoms with Crippen molar-refractivity contribution in [3.63, 3.8) is 0 Å². The first-order chi connectivity index (χ1) is 11.0. The predicted octanol–water partition coefficient (Wildman–Crippen LogP) is 4.06. The highest BCUT2D eigenvalue weighted by Gasteiger charge is 2.17. The topological polar surface area (TPSA) is 59.1 Å². The molecule has 118 valence electrons. The second-order valence-electron chi connectivity index (χ2n) is 4.86. The summed E-state index contributed by atoms with van der Waals surface area (Å²) >= 11 is 1.49. The van der Waals surface area contributed by atoms with E-state index in [0.717, 1.165) is 17.1 Å². The summed E-state index contributed by atoms with van der Waals surface area (Å²) in [4.78, 5) is 4.39. The molecule has 0 aliphatic carbocycles. The summed E-state index contributed by atoms with van der Waals surface area (Å²) in [6.45, 7) is 1.89. The highest BCUT2D eigenvalue weighted by molar-refractivity contribution is 7.92. The van der Waals surface area contributed by atoms with E-state index in [-0.39, 0.29) is 4.90 Å². The number of rotatable bonds is 4. The first kappa shape index (κ1) is 15.6. The molecule has 4 nitrogen and oxygen atoms in total. The number of hydrogen-bond acceptors (Lipinski definition) is 4. The molecule has 0 saturated heterocycles. The minimum Gasteiger partial charge on any atom is -0.279 e. The number of aromatic nitrogens is 1. The molecule has 0 fully saturated rings. The van der Waals surface area contributed by atoms with Crippen molar-refractivity contribution in [3.05, 3.63) is 64.7 Å². The lowest BCUT2D eigenvalue weighted by atomic mass is 10.1. The van der Waals surface area contributed by atoms with Crippen LogP contribution in [-0.4, -0.2) is 13.4 Å². The molecule has 0 aliphatic heterocycles. The SMILES string of the molecule is Cc1nc(-c2ccccc2NS(=O)(=O)c2ccc(F)cc2)cs1. The van der Waals surface area contributed by atoms with Crippen molar-refractivity contribution in [1.29, 1.82) is 0 Å². The van der Waals surface area contributed by atoms with Gasteiger partial charge < -0.3 is 0 Å². The third-order valence-corrected chi connectivity index (χ3v) is 5.35. The second kappa shape index (κ2) is 6.10. The van der Waals surface area contributed by atoms with Gasteiger partial charge >= 0.3 is 0 Å². The Bertz CT molecular complexity index is 935. The number of halogens is 1. The lowest BCUT2D eigenvalue weighted by Crippen LogP contribution is -2.13. The molecule has 2 aromatic carbocycles. The van der Waals surface area contributed by atoms with Gasteiger partial charge in [-0.3, -0.25) is 4.72 Å². The Labute approximate surface area is 137 Å². The summed E-state index contributed by atoms with van der Waals surface area (Å²) in [6, 6.07) is 11.7. The molecule has 0 atom stereocenters. The van der Waals surface area contributed by atoms with E-state index < -0.39 is 15.8 Å². The lowest BCUT2D eigenvalue weighted by molar-refractivity contribution is 0.599. The smallest absolute Gasteiger partial charge is 0.261 e. The maximum Gasteiger partial charge on any atom is 0.261 e. The monoisotopic (exact) mass is 348 g/mol. The zero-order chi connectivity index (χ0) is 16.4. The minimum atomic E-state index is -3.79. The Morgan fingerprint density at radius 3 is 2.43 bits per heavy atom. The van der Waals surface area contributed by atoms with Crippen molar-refractivity contribution in [1.82, 2.24) is 4.98 Å². The number of sulfonamides is 1. The van der Waals surface area contributed by atoms with Crippen molar-refractivity contribution in [2.45, 2.75) is 11.8 Å². The van der Waals surface area contributed by atoms with E-state index >= 15 is 0 Å². The number of nitrogens with one attached hydrogen (secondary N) is 1. The summed E-state index contributed by atoms with van der Waals surface area (Å²) in [5.41, 5.74) is 1.84. The summed E-state index contributed by atoms with van der Waals surface area (Å²) in [6.07, 6.45) is 0. The predicted molar refractivity (Wildman–Crippen MR) is 89.5 cm³/mol. The fourth-order valence-corrected chi connectivity index (χ4v) is 3.79. The van der Waals surface area contributed by atoms with Crippen LogP contribution in [0, 0.1) is 12.7 Å². The van der Waals surface area contributed by atoms with Crippen LogP contribution in [0.4, 0.5) is 10.1 Å². The molecule has 1 N–H and O–H groups in total. The Morgan fingerprint density at radius 2 is 1.78 bits per heavy atom. The molecule has 0 radical (unpaired) electrons. The van der Waals surface area contributed by atoms with Gasteiger partial charge in [0.15, 0.2) is 0 Å². The first-order valence-corrected chi connectivity index (χ1v) is 9.12. The molecule has 0 unspecified atom stereocenters. The van der Waals surface area contributed by atoms with Crippen LogP contribution < -0.4 is 4.72 Å².